The van der Waals surface area contributed by atoms with Crippen LogP contribution >= 0.6 is 11.6 Å². The van der Waals surface area contributed by atoms with Crippen LogP contribution in [0.1, 0.15) is 26.3 Å². The number of benzene rings is 2. The van der Waals surface area contributed by atoms with Crippen molar-refractivity contribution in [2.24, 2.45) is 0 Å². The maximum absolute atomic E-state index is 12.4. The second kappa shape index (κ2) is 7.84. The third-order valence-corrected chi connectivity index (χ3v) is 3.88. The van der Waals surface area contributed by atoms with Crippen LogP contribution in [-0.4, -0.2) is 37.6 Å². The van der Waals surface area contributed by atoms with Gasteiger partial charge in [0.25, 0.3) is 5.91 Å². The lowest BCUT2D eigenvalue weighted by Gasteiger charge is -2.18. The quantitative estimate of drug-likeness (QED) is 0.843. The minimum Gasteiger partial charge on any atom is -0.478 e. The van der Waals surface area contributed by atoms with Crippen molar-refractivity contribution in [3.05, 3.63) is 64.2 Å². The first kappa shape index (κ1) is 17.8. The molecule has 0 saturated heterocycles. The number of nitrogens with one attached hydrogen (secondary N) is 1. The fourth-order valence-electron chi connectivity index (χ4n) is 2.38. The van der Waals surface area contributed by atoms with Gasteiger partial charge in [-0.2, -0.15) is 0 Å². The van der Waals surface area contributed by atoms with Crippen LogP contribution in [0.2, 0.25) is 5.02 Å². The highest BCUT2D eigenvalue weighted by atomic mass is 35.5. The fourth-order valence-corrected chi connectivity index (χ4v) is 2.73. The zero-order chi connectivity index (χ0) is 17.7. The molecule has 2 N–H and O–H groups in total. The van der Waals surface area contributed by atoms with Gasteiger partial charge in [0.05, 0.1) is 21.8 Å². The molecule has 0 fully saturated rings. The summed E-state index contributed by atoms with van der Waals surface area (Å²) in [5.74, 6) is -1.14. The molecular weight excluding hydrogens is 328 g/mol. The molecule has 6 heteroatoms. The number of hydrogen-bond donors (Lipinski definition) is 2. The molecule has 2 rings (SSSR count). The van der Waals surface area contributed by atoms with Gasteiger partial charge >= 0.3 is 5.97 Å². The molecule has 0 heterocycles. The number of carboxylic acid groups (broad SMARTS) is 1. The third kappa shape index (κ3) is 4.26. The normalized spacial score (nSPS) is 10.3. The Hall–Kier alpha value is -2.53. The average Bonchev–Trinajstić information content (AvgIpc) is 2.54. The van der Waals surface area contributed by atoms with Gasteiger partial charge in [-0.3, -0.25) is 4.79 Å². The first-order chi connectivity index (χ1) is 11.4. The average molecular weight is 347 g/mol. The number of halogens is 1. The lowest BCUT2D eigenvalue weighted by Crippen LogP contribution is -2.27. The summed E-state index contributed by atoms with van der Waals surface area (Å²) in [6.07, 6.45) is 0.615. The van der Waals surface area contributed by atoms with Crippen LogP contribution in [0.3, 0.4) is 0 Å². The largest absolute Gasteiger partial charge is 0.478 e. The van der Waals surface area contributed by atoms with E-state index in [1.54, 1.807) is 42.5 Å². The molecule has 0 aliphatic carbocycles. The number of amides is 1. The van der Waals surface area contributed by atoms with Gasteiger partial charge in [-0.25, -0.2) is 4.79 Å². The molecule has 0 saturated carbocycles. The van der Waals surface area contributed by atoms with E-state index in [0.717, 1.165) is 5.56 Å². The monoisotopic (exact) mass is 346 g/mol. The Labute approximate surface area is 145 Å². The van der Waals surface area contributed by atoms with Gasteiger partial charge in [0.2, 0.25) is 0 Å². The minimum atomic E-state index is -0.952. The lowest BCUT2D eigenvalue weighted by atomic mass is 10.1. The lowest BCUT2D eigenvalue weighted by molar-refractivity contribution is 0.0696. The number of carbonyl (C=O) groups is 2. The molecule has 5 nitrogen and oxygen atoms in total. The van der Waals surface area contributed by atoms with Crippen molar-refractivity contribution in [3.63, 3.8) is 0 Å². The molecule has 126 valence electrons. The zero-order valence-corrected chi connectivity index (χ0v) is 14.3. The summed E-state index contributed by atoms with van der Waals surface area (Å²) in [6, 6.07) is 11.8. The van der Waals surface area contributed by atoms with Crippen LogP contribution in [0.5, 0.6) is 0 Å². The maximum Gasteiger partial charge on any atom is 0.335 e. The van der Waals surface area contributed by atoms with Crippen molar-refractivity contribution in [1.29, 1.82) is 0 Å². The van der Waals surface area contributed by atoms with Gasteiger partial charge in [0.15, 0.2) is 0 Å². The summed E-state index contributed by atoms with van der Waals surface area (Å²) >= 11 is 6.17. The highest BCUT2D eigenvalue weighted by molar-refractivity contribution is 6.34. The van der Waals surface area contributed by atoms with Crippen molar-refractivity contribution in [3.8, 4) is 0 Å². The van der Waals surface area contributed by atoms with Crippen LogP contribution in [0.25, 0.3) is 0 Å². The smallest absolute Gasteiger partial charge is 0.335 e. The number of anilines is 1. The second-order valence-corrected chi connectivity index (χ2v) is 5.95. The Morgan fingerprint density at radius 1 is 1.12 bits per heavy atom. The molecular formula is C18H19ClN2O3. The summed E-state index contributed by atoms with van der Waals surface area (Å²) in [5.41, 5.74) is 2.41. The van der Waals surface area contributed by atoms with Gasteiger partial charge in [-0.15, -0.1) is 0 Å². The van der Waals surface area contributed by atoms with Crippen LogP contribution in [0.15, 0.2) is 42.5 Å². The number of nitrogens with zero attached hydrogens (tertiary/aromatic N) is 1. The summed E-state index contributed by atoms with van der Waals surface area (Å²) in [5, 5.41) is 12.3. The Morgan fingerprint density at radius 2 is 1.79 bits per heavy atom. The molecule has 0 bridgehead atoms. The van der Waals surface area contributed by atoms with Crippen molar-refractivity contribution in [2.45, 2.75) is 6.42 Å². The van der Waals surface area contributed by atoms with Crippen LogP contribution in [0.4, 0.5) is 5.69 Å². The van der Waals surface area contributed by atoms with Crippen LogP contribution in [0, 0.1) is 0 Å². The van der Waals surface area contributed by atoms with E-state index < -0.39 is 5.97 Å². The van der Waals surface area contributed by atoms with Crippen molar-refractivity contribution >= 4 is 29.2 Å². The standard InChI is InChI=1S/C18H19ClN2O3/c1-21(2)16-14(4-3-5-15(16)19)17(22)20-11-10-12-6-8-13(9-7-12)18(23)24/h3-9H,10-11H2,1-2H3,(H,20,22)(H,23,24). The molecule has 1 amide bonds. The third-order valence-electron chi connectivity index (χ3n) is 3.58. The van der Waals surface area contributed by atoms with Gasteiger partial charge in [-0.1, -0.05) is 29.8 Å². The highest BCUT2D eigenvalue weighted by Gasteiger charge is 2.15. The van der Waals surface area contributed by atoms with E-state index in [9.17, 15) is 9.59 Å². The highest BCUT2D eigenvalue weighted by Crippen LogP contribution is 2.28. The van der Waals surface area contributed by atoms with E-state index in [1.165, 1.54) is 0 Å². The topological polar surface area (TPSA) is 69.6 Å². The van der Waals surface area contributed by atoms with Crippen molar-refractivity contribution in [1.82, 2.24) is 5.32 Å². The molecule has 0 aromatic heterocycles. The Morgan fingerprint density at radius 3 is 2.38 bits per heavy atom. The number of para-hydroxylation sites is 1. The van der Waals surface area contributed by atoms with E-state index in [-0.39, 0.29) is 11.5 Å². The predicted octanol–water partition coefficient (Wildman–Crippen LogP) is 3.08. The summed E-state index contributed by atoms with van der Waals surface area (Å²) in [6.45, 7) is 0.449. The van der Waals surface area contributed by atoms with E-state index in [2.05, 4.69) is 5.32 Å². The zero-order valence-electron chi connectivity index (χ0n) is 13.5. The summed E-state index contributed by atoms with van der Waals surface area (Å²) < 4.78 is 0. The molecule has 0 aliphatic heterocycles. The minimum absolute atomic E-state index is 0.191. The maximum atomic E-state index is 12.4. The predicted molar refractivity (Wildman–Crippen MR) is 95.2 cm³/mol. The number of carbonyl (C=O) groups excluding carboxylic acids is 1. The van der Waals surface area contributed by atoms with Crippen molar-refractivity contribution in [2.75, 3.05) is 25.5 Å². The Balaban J connectivity index is 1.99. The molecule has 2 aromatic carbocycles. The molecule has 0 aliphatic rings. The SMILES string of the molecule is CN(C)c1c(Cl)cccc1C(=O)NCCc1ccc(C(=O)O)cc1. The molecule has 0 spiro atoms. The van der Waals surface area contributed by atoms with Gasteiger partial charge in [0.1, 0.15) is 0 Å². The van der Waals surface area contributed by atoms with Crippen molar-refractivity contribution < 1.29 is 14.7 Å². The van der Waals surface area contributed by atoms with Gasteiger partial charge < -0.3 is 15.3 Å². The van der Waals surface area contributed by atoms with Gasteiger partial charge in [-0.05, 0) is 36.2 Å². The summed E-state index contributed by atoms with van der Waals surface area (Å²) in [7, 11) is 3.67. The second-order valence-electron chi connectivity index (χ2n) is 5.54. The number of rotatable bonds is 6. The molecule has 0 radical (unpaired) electrons. The number of aromatic carboxylic acids is 1. The number of carboxylic acids is 1. The number of hydrogen-bond acceptors (Lipinski definition) is 3. The molecule has 24 heavy (non-hydrogen) atoms. The van der Waals surface area contributed by atoms with E-state index in [4.69, 9.17) is 16.7 Å². The Bertz CT molecular complexity index is 742. The Kier molecular flexibility index (Phi) is 5.82. The van der Waals surface area contributed by atoms with Gasteiger partial charge in [0, 0.05) is 20.6 Å². The summed E-state index contributed by atoms with van der Waals surface area (Å²) in [4.78, 5) is 25.0. The van der Waals surface area contributed by atoms with E-state index in [1.807, 2.05) is 19.0 Å². The molecule has 2 aromatic rings. The van der Waals surface area contributed by atoms with E-state index in [0.29, 0.717) is 29.2 Å². The molecule has 0 unspecified atom stereocenters. The fraction of sp³-hybridized carbons (Fsp3) is 0.222. The van der Waals surface area contributed by atoms with Crippen LogP contribution in [-0.2, 0) is 6.42 Å². The first-order valence-corrected chi connectivity index (χ1v) is 7.84. The first-order valence-electron chi connectivity index (χ1n) is 7.46. The van der Waals surface area contributed by atoms with E-state index >= 15 is 0 Å². The molecule has 0 atom stereocenters. The van der Waals surface area contributed by atoms with Crippen LogP contribution < -0.4 is 10.2 Å².